The Bertz CT molecular complexity index is 1530. The van der Waals surface area contributed by atoms with E-state index in [9.17, 15) is 19.2 Å². The number of hydrogen-bond donors (Lipinski definition) is 2. The number of cyclic esters (lactones) is 2. The first kappa shape index (κ1) is 38.2. The van der Waals surface area contributed by atoms with Gasteiger partial charge in [-0.05, 0) is 61.1 Å². The van der Waals surface area contributed by atoms with Gasteiger partial charge in [-0.15, -0.1) is 11.6 Å². The van der Waals surface area contributed by atoms with Crippen LogP contribution in [0.15, 0.2) is 54.6 Å². The predicted molar refractivity (Wildman–Crippen MR) is 186 cm³/mol. The van der Waals surface area contributed by atoms with Gasteiger partial charge in [0.05, 0.1) is 23.7 Å². The highest BCUT2D eigenvalue weighted by molar-refractivity contribution is 6.32. The maximum atomic E-state index is 13.6. The zero-order chi connectivity index (χ0) is 35.9. The van der Waals surface area contributed by atoms with E-state index in [1.807, 2.05) is 45.0 Å². The summed E-state index contributed by atoms with van der Waals surface area (Å²) in [5, 5.41) is 5.90. The normalized spacial score (nSPS) is 26.2. The van der Waals surface area contributed by atoms with E-state index in [0.717, 1.165) is 11.1 Å². The third-order valence-electron chi connectivity index (χ3n) is 8.74. The average Bonchev–Trinajstić information content (AvgIpc) is 3.86. The van der Waals surface area contributed by atoms with Gasteiger partial charge in [0.1, 0.15) is 24.0 Å². The number of alkyl halides is 1. The number of carbonyl (C=O) groups excluding carboxylic acids is 4. The fourth-order valence-electron chi connectivity index (χ4n) is 5.62. The number of ether oxygens (including phenoxy) is 4. The Morgan fingerprint density at radius 3 is 2.33 bits per heavy atom. The summed E-state index contributed by atoms with van der Waals surface area (Å²) in [6.45, 7) is 8.89. The fraction of sp³-hybridized carbons (Fsp3) is 0.514. The van der Waals surface area contributed by atoms with Gasteiger partial charge < -0.3 is 29.6 Å². The molecule has 2 N–H and O–H groups in total. The van der Waals surface area contributed by atoms with E-state index in [0.29, 0.717) is 22.2 Å². The van der Waals surface area contributed by atoms with Crippen molar-refractivity contribution >= 4 is 47.0 Å². The van der Waals surface area contributed by atoms with Gasteiger partial charge >= 0.3 is 11.9 Å². The Labute approximate surface area is 298 Å². The number of rotatable bonds is 9. The van der Waals surface area contributed by atoms with Crippen molar-refractivity contribution in [1.29, 1.82) is 0 Å². The molecule has 0 radical (unpaired) electrons. The minimum Gasteiger partial charge on any atom is -0.495 e. The molecule has 0 aromatic heterocycles. The van der Waals surface area contributed by atoms with Crippen LogP contribution in [0.3, 0.4) is 0 Å². The number of carbonyl (C=O) groups is 4. The molecule has 2 aromatic rings. The van der Waals surface area contributed by atoms with Crippen molar-refractivity contribution in [2.24, 2.45) is 17.3 Å². The third kappa shape index (κ3) is 10.4. The lowest BCUT2D eigenvalue weighted by Gasteiger charge is -2.29. The van der Waals surface area contributed by atoms with Crippen LogP contribution in [0.2, 0.25) is 5.02 Å². The summed E-state index contributed by atoms with van der Waals surface area (Å²) in [5.41, 5.74) is 1.46. The molecule has 0 unspecified atom stereocenters. The zero-order valence-corrected chi connectivity index (χ0v) is 30.3. The van der Waals surface area contributed by atoms with Crippen molar-refractivity contribution in [3.63, 3.8) is 0 Å². The minimum atomic E-state index is -1.21. The molecule has 0 bridgehead atoms. The molecular formula is C37H46Cl2N2O8. The Kier molecular flexibility index (Phi) is 13.2. The quantitative estimate of drug-likeness (QED) is 0.187. The van der Waals surface area contributed by atoms with Crippen LogP contribution in [0, 0.1) is 17.3 Å². The summed E-state index contributed by atoms with van der Waals surface area (Å²) in [5.74, 6) is -1.73. The van der Waals surface area contributed by atoms with Crippen LogP contribution >= 0.6 is 23.2 Å². The number of epoxide rings is 1. The lowest BCUT2D eigenvalue weighted by Crippen LogP contribution is -2.51. The van der Waals surface area contributed by atoms with Gasteiger partial charge in [0.25, 0.3) is 0 Å². The molecule has 2 aromatic carbocycles. The number of amides is 2. The molecule has 6 atom stereocenters. The average molecular weight is 718 g/mol. The maximum absolute atomic E-state index is 13.6. The summed E-state index contributed by atoms with van der Waals surface area (Å²) >= 11 is 12.3. The highest BCUT2D eigenvalue weighted by Crippen LogP contribution is 2.45. The van der Waals surface area contributed by atoms with Gasteiger partial charge in [0.15, 0.2) is 6.10 Å². The minimum absolute atomic E-state index is 0.0116. The van der Waals surface area contributed by atoms with Gasteiger partial charge in [-0.25, -0.2) is 4.79 Å². The van der Waals surface area contributed by atoms with Crippen LogP contribution in [-0.4, -0.2) is 61.8 Å². The van der Waals surface area contributed by atoms with E-state index < -0.39 is 47.4 Å². The number of esters is 2. The first-order valence-corrected chi connectivity index (χ1v) is 17.4. The highest BCUT2D eigenvalue weighted by atomic mass is 35.5. The lowest BCUT2D eigenvalue weighted by atomic mass is 9.92. The highest BCUT2D eigenvalue weighted by Gasteiger charge is 2.48. The number of halogens is 2. The second-order valence-electron chi connectivity index (χ2n) is 13.7. The van der Waals surface area contributed by atoms with Crippen LogP contribution in [-0.2, 0) is 45.7 Å². The molecule has 49 heavy (non-hydrogen) atoms. The molecular weight excluding hydrogens is 671 g/mol. The summed E-state index contributed by atoms with van der Waals surface area (Å²) in [4.78, 5) is 53.7. The lowest BCUT2D eigenvalue weighted by molar-refractivity contribution is -0.179. The Morgan fingerprint density at radius 1 is 1.00 bits per heavy atom. The molecule has 0 aliphatic carbocycles. The van der Waals surface area contributed by atoms with Crippen molar-refractivity contribution < 1.29 is 38.1 Å². The van der Waals surface area contributed by atoms with Crippen molar-refractivity contribution in [3.05, 3.63) is 76.3 Å². The molecule has 2 aliphatic heterocycles. The predicted octanol–water partition coefficient (Wildman–Crippen LogP) is 5.86. The van der Waals surface area contributed by atoms with E-state index in [1.165, 1.54) is 13.2 Å². The van der Waals surface area contributed by atoms with Crippen LogP contribution in [0.1, 0.15) is 70.3 Å². The van der Waals surface area contributed by atoms with Gasteiger partial charge in [-0.1, -0.05) is 68.8 Å². The molecule has 2 aliphatic rings. The fourth-order valence-corrected chi connectivity index (χ4v) is 6.08. The largest absolute Gasteiger partial charge is 0.495 e. The van der Waals surface area contributed by atoms with E-state index >= 15 is 0 Å². The molecule has 2 amide bonds. The molecule has 266 valence electrons. The third-order valence-corrected chi connectivity index (χ3v) is 9.35. The smallest absolute Gasteiger partial charge is 0.347 e. The SMILES string of the molecule is COc1ccc(C[C@H]2NC(=O)/C=C/C[C@@H]([C@H](C)[C@H]3O[C@@H]3c3ccc(CCl)cc3)OC(=O)[C@H](CC(C)C)OC(=O)C(C)(C)CNC2=O)cc1Cl. The van der Waals surface area contributed by atoms with Crippen LogP contribution in [0.4, 0.5) is 0 Å². The monoisotopic (exact) mass is 716 g/mol. The first-order valence-electron chi connectivity index (χ1n) is 16.5. The summed E-state index contributed by atoms with van der Waals surface area (Å²) in [6.07, 6.45) is 1.17. The van der Waals surface area contributed by atoms with Crippen molar-refractivity contribution in [3.8, 4) is 5.75 Å². The summed E-state index contributed by atoms with van der Waals surface area (Å²) in [7, 11) is 1.50. The number of nitrogens with one attached hydrogen (secondary N) is 2. The second kappa shape index (κ2) is 16.9. The van der Waals surface area contributed by atoms with Crippen molar-refractivity contribution in [2.75, 3.05) is 13.7 Å². The van der Waals surface area contributed by atoms with E-state index in [1.54, 1.807) is 38.1 Å². The molecule has 4 rings (SSSR count). The Morgan fingerprint density at radius 2 is 1.69 bits per heavy atom. The molecule has 1 fully saturated rings. The van der Waals surface area contributed by atoms with Gasteiger partial charge in [0, 0.05) is 31.2 Å². The van der Waals surface area contributed by atoms with Gasteiger partial charge in [-0.2, -0.15) is 0 Å². The molecule has 0 saturated carbocycles. The standard InChI is InChI=1S/C37H46Cl2N2O8/c1-21(2)16-30-35(44)47-28(22(3)32-33(49-32)25-13-10-23(19-38)11-14-25)8-7-9-31(42)41-27(18-24-12-15-29(46-6)26(39)17-24)34(43)40-20-37(4,5)36(45)48-30/h7,9-15,17,21-22,27-28,30,32-33H,8,16,18-20H2,1-6H3,(H,40,43)(H,41,42)/b9-7+/t22-,27+,28-,30-,32+,33+/m0/s1. The molecule has 12 heteroatoms. The molecule has 2 heterocycles. The number of hydrogen-bond acceptors (Lipinski definition) is 8. The number of methoxy groups -OCH3 is 1. The van der Waals surface area contributed by atoms with Gasteiger partial charge in [0.2, 0.25) is 11.8 Å². The van der Waals surface area contributed by atoms with Crippen LogP contribution in [0.25, 0.3) is 0 Å². The van der Waals surface area contributed by atoms with E-state index in [2.05, 4.69) is 10.6 Å². The molecule has 1 saturated heterocycles. The summed E-state index contributed by atoms with van der Waals surface area (Å²) in [6, 6.07) is 12.0. The van der Waals surface area contributed by atoms with E-state index in [4.69, 9.17) is 42.1 Å². The van der Waals surface area contributed by atoms with Crippen molar-refractivity contribution in [2.45, 2.75) is 90.2 Å². The zero-order valence-electron chi connectivity index (χ0n) is 28.8. The van der Waals surface area contributed by atoms with E-state index in [-0.39, 0.29) is 49.9 Å². The summed E-state index contributed by atoms with van der Waals surface area (Å²) < 4.78 is 23.1. The Hall–Kier alpha value is -3.60. The first-order chi connectivity index (χ1) is 23.2. The number of benzene rings is 2. The van der Waals surface area contributed by atoms with Gasteiger partial charge in [-0.3, -0.25) is 14.4 Å². The van der Waals surface area contributed by atoms with Crippen LogP contribution in [0.5, 0.6) is 5.75 Å². The van der Waals surface area contributed by atoms with Crippen molar-refractivity contribution in [1.82, 2.24) is 10.6 Å². The van der Waals surface area contributed by atoms with Crippen LogP contribution < -0.4 is 15.4 Å². The molecule has 0 spiro atoms. The Balaban J connectivity index is 1.60. The second-order valence-corrected chi connectivity index (χ2v) is 14.4. The molecule has 10 nitrogen and oxygen atoms in total. The maximum Gasteiger partial charge on any atom is 0.347 e. The topological polar surface area (TPSA) is 133 Å².